The number of thioether (sulfide) groups is 1. The van der Waals surface area contributed by atoms with E-state index in [1.165, 1.54) is 29.6 Å². The molecule has 208 valence electrons. The number of fused-ring (bicyclic) bond motifs is 1. The highest BCUT2D eigenvalue weighted by Crippen LogP contribution is 2.33. The normalized spacial score (nSPS) is 14.8. The summed E-state index contributed by atoms with van der Waals surface area (Å²) in [6.45, 7) is 0.867. The zero-order chi connectivity index (χ0) is 28.3. The molecule has 8 nitrogen and oxygen atoms in total. The van der Waals surface area contributed by atoms with Crippen molar-refractivity contribution in [2.24, 2.45) is 0 Å². The van der Waals surface area contributed by atoms with Crippen molar-refractivity contribution in [3.63, 3.8) is 0 Å². The van der Waals surface area contributed by atoms with E-state index in [-0.39, 0.29) is 17.8 Å². The van der Waals surface area contributed by atoms with E-state index in [4.69, 9.17) is 4.74 Å². The van der Waals surface area contributed by atoms with E-state index in [2.05, 4.69) is 10.3 Å². The molecule has 4 aromatic rings. The van der Waals surface area contributed by atoms with Gasteiger partial charge in [0.15, 0.2) is 17.5 Å². The van der Waals surface area contributed by atoms with Gasteiger partial charge < -0.3 is 25.0 Å². The van der Waals surface area contributed by atoms with Crippen molar-refractivity contribution < 1.29 is 33.2 Å². The minimum Gasteiger partial charge on any atom is -0.394 e. The first-order chi connectivity index (χ1) is 18.6. The van der Waals surface area contributed by atoms with Gasteiger partial charge in [-0.25, -0.2) is 17.9 Å². The summed E-state index contributed by atoms with van der Waals surface area (Å²) in [5.74, 6) is -4.29. The van der Waals surface area contributed by atoms with Crippen molar-refractivity contribution in [1.29, 1.82) is 0 Å². The molecule has 0 radical (unpaired) electrons. The molecule has 0 fully saturated rings. The van der Waals surface area contributed by atoms with Crippen molar-refractivity contribution in [2.45, 2.75) is 42.1 Å². The Labute approximate surface area is 227 Å². The van der Waals surface area contributed by atoms with Crippen LogP contribution in [0, 0.1) is 17.5 Å². The monoisotopic (exact) mass is 562 g/mol. The summed E-state index contributed by atoms with van der Waals surface area (Å²) in [5.41, 5.74) is 0.166. The third-order valence-corrected chi connectivity index (χ3v) is 7.28. The molecule has 0 saturated heterocycles. The molecule has 1 heterocycles. The van der Waals surface area contributed by atoms with E-state index in [0.717, 1.165) is 33.5 Å². The minimum atomic E-state index is -1.58. The third kappa shape index (κ3) is 6.71. The van der Waals surface area contributed by atoms with E-state index >= 15 is 0 Å². The van der Waals surface area contributed by atoms with Gasteiger partial charge in [-0.1, -0.05) is 35.2 Å². The van der Waals surface area contributed by atoms with Gasteiger partial charge in [-0.3, -0.25) is 0 Å². The SMILES string of the molecule is C[C@@H](O)C(CO)OC(Sc1ccc2c(N(C)C)cccc2c1)[C@@H](O)Cn1cc(-c2cc(F)c(F)c(F)c2)nn1. The number of halogens is 3. The summed E-state index contributed by atoms with van der Waals surface area (Å²) in [7, 11) is 3.92. The number of rotatable bonds is 11. The maximum Gasteiger partial charge on any atom is 0.194 e. The average Bonchev–Trinajstić information content (AvgIpc) is 3.36. The molecule has 3 N–H and O–H groups in total. The van der Waals surface area contributed by atoms with Gasteiger partial charge in [0.2, 0.25) is 0 Å². The van der Waals surface area contributed by atoms with Gasteiger partial charge in [-0.05, 0) is 42.6 Å². The molecule has 3 aromatic carbocycles. The summed E-state index contributed by atoms with van der Waals surface area (Å²) in [4.78, 5) is 2.79. The van der Waals surface area contributed by atoms with Gasteiger partial charge in [0.1, 0.15) is 23.3 Å². The Hall–Kier alpha value is -3.16. The lowest BCUT2D eigenvalue weighted by atomic mass is 10.1. The Morgan fingerprint density at radius 3 is 2.41 bits per heavy atom. The second-order valence-corrected chi connectivity index (χ2v) is 10.5. The largest absolute Gasteiger partial charge is 0.394 e. The van der Waals surface area contributed by atoms with E-state index in [0.29, 0.717) is 0 Å². The summed E-state index contributed by atoms with van der Waals surface area (Å²) >= 11 is 1.20. The molecule has 2 unspecified atom stereocenters. The number of nitrogens with zero attached hydrogens (tertiary/aromatic N) is 4. The highest BCUT2D eigenvalue weighted by atomic mass is 32.2. The van der Waals surface area contributed by atoms with Crippen molar-refractivity contribution >= 4 is 28.2 Å². The van der Waals surface area contributed by atoms with E-state index in [1.54, 1.807) is 0 Å². The van der Waals surface area contributed by atoms with Crippen molar-refractivity contribution in [3.05, 3.63) is 72.2 Å². The van der Waals surface area contributed by atoms with Gasteiger partial charge in [-0.2, -0.15) is 0 Å². The Balaban J connectivity index is 1.57. The van der Waals surface area contributed by atoms with Crippen LogP contribution in [0.15, 0.2) is 59.6 Å². The summed E-state index contributed by atoms with van der Waals surface area (Å²) < 4.78 is 47.8. The summed E-state index contributed by atoms with van der Waals surface area (Å²) in [6, 6.07) is 13.4. The number of benzene rings is 3. The highest BCUT2D eigenvalue weighted by Gasteiger charge is 2.28. The van der Waals surface area contributed by atoms with Crippen LogP contribution in [0.1, 0.15) is 6.92 Å². The van der Waals surface area contributed by atoms with Crippen LogP contribution in [0.5, 0.6) is 0 Å². The molecule has 4 rings (SSSR count). The molecule has 0 spiro atoms. The van der Waals surface area contributed by atoms with Gasteiger partial charge >= 0.3 is 0 Å². The molecule has 1 aromatic heterocycles. The number of hydrogen-bond donors (Lipinski definition) is 3. The van der Waals surface area contributed by atoms with E-state index in [9.17, 15) is 28.5 Å². The first-order valence-electron chi connectivity index (χ1n) is 12.1. The van der Waals surface area contributed by atoms with Crippen LogP contribution in [0.3, 0.4) is 0 Å². The number of anilines is 1. The second-order valence-electron chi connectivity index (χ2n) is 9.29. The van der Waals surface area contributed by atoms with Crippen LogP contribution < -0.4 is 4.90 Å². The van der Waals surface area contributed by atoms with Crippen LogP contribution in [0.25, 0.3) is 22.0 Å². The minimum absolute atomic E-state index is 0.0166. The van der Waals surface area contributed by atoms with Crippen molar-refractivity contribution in [3.8, 4) is 11.3 Å². The van der Waals surface area contributed by atoms with E-state index in [1.807, 2.05) is 55.4 Å². The number of aliphatic hydroxyl groups is 3. The maximum absolute atomic E-state index is 13.7. The number of aliphatic hydroxyl groups excluding tert-OH is 3. The fourth-order valence-corrected chi connectivity index (χ4v) is 5.07. The molecule has 39 heavy (non-hydrogen) atoms. The molecular formula is C27H29F3N4O4S. The quantitative estimate of drug-likeness (QED) is 0.144. The molecule has 12 heteroatoms. The Morgan fingerprint density at radius 1 is 1.05 bits per heavy atom. The second kappa shape index (κ2) is 12.3. The van der Waals surface area contributed by atoms with Crippen LogP contribution in [0.2, 0.25) is 0 Å². The Kier molecular flexibility index (Phi) is 9.13. The number of aromatic nitrogens is 3. The molecule has 0 bridgehead atoms. The lowest BCUT2D eigenvalue weighted by Crippen LogP contribution is -2.39. The van der Waals surface area contributed by atoms with Crippen LogP contribution in [-0.4, -0.2) is 74.8 Å². The summed E-state index contributed by atoms with van der Waals surface area (Å²) in [5, 5.41) is 40.6. The number of ether oxygens (including phenoxy) is 1. The average molecular weight is 563 g/mol. The van der Waals surface area contributed by atoms with Gasteiger partial charge in [0.25, 0.3) is 0 Å². The zero-order valence-electron chi connectivity index (χ0n) is 21.5. The van der Waals surface area contributed by atoms with Gasteiger partial charge in [-0.15, -0.1) is 5.10 Å². The van der Waals surface area contributed by atoms with Crippen LogP contribution in [0.4, 0.5) is 18.9 Å². The van der Waals surface area contributed by atoms with Crippen molar-refractivity contribution in [2.75, 3.05) is 25.6 Å². The smallest absolute Gasteiger partial charge is 0.194 e. The molecule has 4 atom stereocenters. The standard InChI is InChI=1S/C27H29F3N4O4S/c1-15(36)25(14-35)38-27(39-18-7-8-19-16(9-18)5-4-6-23(19)33(2)3)24(37)13-34-12-22(31-32-34)17-10-20(28)26(30)21(29)11-17/h4-12,15,24-25,27,35-37H,13-14H2,1-3H3/t15-,24+,25?,27?/m1/s1. The maximum atomic E-state index is 13.7. The molecular weight excluding hydrogens is 533 g/mol. The predicted molar refractivity (Wildman–Crippen MR) is 143 cm³/mol. The fraction of sp³-hybridized carbons (Fsp3) is 0.333. The van der Waals surface area contributed by atoms with Crippen molar-refractivity contribution in [1.82, 2.24) is 15.0 Å². The van der Waals surface area contributed by atoms with Gasteiger partial charge in [0.05, 0.1) is 25.5 Å². The topological polar surface area (TPSA) is 104 Å². The summed E-state index contributed by atoms with van der Waals surface area (Å²) in [6.07, 6.45) is -1.82. The lowest BCUT2D eigenvalue weighted by Gasteiger charge is -2.28. The van der Waals surface area contributed by atoms with Gasteiger partial charge in [0, 0.05) is 35.6 Å². The van der Waals surface area contributed by atoms with E-state index < -0.39 is 47.8 Å². The molecule has 0 aliphatic rings. The first kappa shape index (κ1) is 28.8. The highest BCUT2D eigenvalue weighted by molar-refractivity contribution is 7.99. The Bertz CT molecular complexity index is 1410. The predicted octanol–water partition coefficient (Wildman–Crippen LogP) is 3.82. The van der Waals surface area contributed by atoms with Crippen LogP contribution >= 0.6 is 11.8 Å². The zero-order valence-corrected chi connectivity index (χ0v) is 22.3. The molecule has 0 aliphatic carbocycles. The number of hydrogen-bond acceptors (Lipinski definition) is 8. The Morgan fingerprint density at radius 2 is 1.77 bits per heavy atom. The third-order valence-electron chi connectivity index (χ3n) is 6.10. The first-order valence-corrected chi connectivity index (χ1v) is 13.0. The van der Waals surface area contributed by atoms with Crippen LogP contribution in [-0.2, 0) is 11.3 Å². The molecule has 0 amide bonds. The molecule has 0 aliphatic heterocycles. The fourth-order valence-electron chi connectivity index (χ4n) is 4.02. The molecule has 0 saturated carbocycles. The lowest BCUT2D eigenvalue weighted by molar-refractivity contribution is -0.0972.